The van der Waals surface area contributed by atoms with E-state index in [1.807, 2.05) is 18.2 Å². The Balaban J connectivity index is 2.42. The molecule has 0 fully saturated rings. The van der Waals surface area contributed by atoms with Gasteiger partial charge in [-0.1, -0.05) is 17.4 Å². The van der Waals surface area contributed by atoms with Crippen molar-refractivity contribution in [2.45, 2.75) is 0 Å². The number of carboxylic acid groups (broad SMARTS) is 1. The van der Waals surface area contributed by atoms with Crippen LogP contribution in [-0.2, 0) is 4.79 Å². The Bertz CT molecular complexity index is 545. The zero-order chi connectivity index (χ0) is 10.8. The highest BCUT2D eigenvalue weighted by molar-refractivity contribution is 7.22. The summed E-state index contributed by atoms with van der Waals surface area (Å²) in [7, 11) is 0. The van der Waals surface area contributed by atoms with Gasteiger partial charge in [-0.2, -0.15) is 0 Å². The quantitative estimate of drug-likeness (QED) is 0.759. The SMILES string of the molecule is Nc1nc2cc(C=CC(=O)O)ccc2s1. The van der Waals surface area contributed by atoms with Gasteiger partial charge in [0.15, 0.2) is 5.13 Å². The van der Waals surface area contributed by atoms with Gasteiger partial charge in [0.05, 0.1) is 10.2 Å². The van der Waals surface area contributed by atoms with E-state index in [9.17, 15) is 4.79 Å². The van der Waals surface area contributed by atoms with Crippen LogP contribution in [0.3, 0.4) is 0 Å². The van der Waals surface area contributed by atoms with Crippen LogP contribution in [0.4, 0.5) is 5.13 Å². The molecule has 76 valence electrons. The number of fused-ring (bicyclic) bond motifs is 1. The number of nitrogens with zero attached hydrogens (tertiary/aromatic N) is 1. The molecule has 0 aliphatic carbocycles. The predicted octanol–water partition coefficient (Wildman–Crippen LogP) is 1.98. The van der Waals surface area contributed by atoms with Crippen molar-refractivity contribution in [3.63, 3.8) is 0 Å². The summed E-state index contributed by atoms with van der Waals surface area (Å²) < 4.78 is 1.000. The molecule has 0 bridgehead atoms. The molecule has 4 nitrogen and oxygen atoms in total. The Morgan fingerprint density at radius 1 is 1.53 bits per heavy atom. The van der Waals surface area contributed by atoms with Gasteiger partial charge >= 0.3 is 5.97 Å². The predicted molar refractivity (Wildman–Crippen MR) is 60.7 cm³/mol. The van der Waals surface area contributed by atoms with E-state index in [2.05, 4.69) is 4.98 Å². The fourth-order valence-electron chi connectivity index (χ4n) is 1.23. The molecule has 0 atom stereocenters. The first kappa shape index (κ1) is 9.67. The average Bonchev–Trinajstić information content (AvgIpc) is 2.53. The number of aromatic nitrogens is 1. The molecule has 15 heavy (non-hydrogen) atoms. The number of thiazole rings is 1. The van der Waals surface area contributed by atoms with Crippen molar-refractivity contribution in [1.29, 1.82) is 0 Å². The van der Waals surface area contributed by atoms with Gasteiger partial charge in [-0.3, -0.25) is 0 Å². The maximum atomic E-state index is 10.3. The second kappa shape index (κ2) is 3.70. The molecule has 0 saturated carbocycles. The minimum absolute atomic E-state index is 0.518. The van der Waals surface area contributed by atoms with Crippen molar-refractivity contribution >= 4 is 38.7 Å². The summed E-state index contributed by atoms with van der Waals surface area (Å²) in [5, 5.41) is 8.99. The van der Waals surface area contributed by atoms with Gasteiger partial charge in [-0.25, -0.2) is 9.78 Å². The van der Waals surface area contributed by atoms with Gasteiger partial charge in [-0.05, 0) is 23.8 Å². The molecule has 0 amide bonds. The first-order chi connectivity index (χ1) is 7.15. The Morgan fingerprint density at radius 3 is 3.07 bits per heavy atom. The van der Waals surface area contributed by atoms with E-state index >= 15 is 0 Å². The first-order valence-corrected chi connectivity index (χ1v) is 5.04. The molecule has 0 unspecified atom stereocenters. The normalized spacial score (nSPS) is 11.2. The lowest BCUT2D eigenvalue weighted by atomic mass is 10.2. The van der Waals surface area contributed by atoms with Crippen LogP contribution in [0.2, 0.25) is 0 Å². The maximum Gasteiger partial charge on any atom is 0.328 e. The third-order valence-electron chi connectivity index (χ3n) is 1.85. The highest BCUT2D eigenvalue weighted by atomic mass is 32.1. The van der Waals surface area contributed by atoms with Crippen LogP contribution < -0.4 is 5.73 Å². The number of nitrogen functional groups attached to an aromatic ring is 1. The Hall–Kier alpha value is -1.88. The minimum Gasteiger partial charge on any atom is -0.478 e. The van der Waals surface area contributed by atoms with E-state index in [0.717, 1.165) is 21.9 Å². The third kappa shape index (κ3) is 2.13. The van der Waals surface area contributed by atoms with Gasteiger partial charge in [0.2, 0.25) is 0 Å². The van der Waals surface area contributed by atoms with Crippen LogP contribution in [-0.4, -0.2) is 16.1 Å². The minimum atomic E-state index is -0.965. The fraction of sp³-hybridized carbons (Fsp3) is 0. The third-order valence-corrected chi connectivity index (χ3v) is 2.71. The van der Waals surface area contributed by atoms with Crippen molar-refractivity contribution in [3.05, 3.63) is 29.8 Å². The topological polar surface area (TPSA) is 76.2 Å². The van der Waals surface area contributed by atoms with E-state index in [0.29, 0.717) is 5.13 Å². The van der Waals surface area contributed by atoms with Gasteiger partial charge < -0.3 is 10.8 Å². The lowest BCUT2D eigenvalue weighted by Gasteiger charge is -1.91. The van der Waals surface area contributed by atoms with Crippen LogP contribution >= 0.6 is 11.3 Å². The summed E-state index contributed by atoms with van der Waals surface area (Å²) in [5.41, 5.74) is 7.16. The number of anilines is 1. The zero-order valence-electron chi connectivity index (χ0n) is 7.68. The molecule has 2 aromatic rings. The van der Waals surface area contributed by atoms with Crippen molar-refractivity contribution in [3.8, 4) is 0 Å². The number of aliphatic carboxylic acids is 1. The van der Waals surface area contributed by atoms with Crippen molar-refractivity contribution in [1.82, 2.24) is 4.98 Å². The Kier molecular flexibility index (Phi) is 2.39. The van der Waals surface area contributed by atoms with Crippen molar-refractivity contribution in [2.24, 2.45) is 0 Å². The summed E-state index contributed by atoms with van der Waals surface area (Å²) in [4.78, 5) is 14.4. The molecule has 2 rings (SSSR count). The summed E-state index contributed by atoms with van der Waals surface area (Å²) in [6, 6.07) is 5.52. The summed E-state index contributed by atoms with van der Waals surface area (Å²) in [5.74, 6) is -0.965. The van der Waals surface area contributed by atoms with Crippen LogP contribution in [0.1, 0.15) is 5.56 Å². The van der Waals surface area contributed by atoms with Crippen LogP contribution in [0, 0.1) is 0 Å². The molecule has 0 radical (unpaired) electrons. The molecule has 0 aliphatic rings. The van der Waals surface area contributed by atoms with E-state index < -0.39 is 5.97 Å². The standard InChI is InChI=1S/C10H8N2O2S/c11-10-12-7-5-6(2-4-9(13)14)1-3-8(7)15-10/h1-5H,(H2,11,12)(H,13,14). The first-order valence-electron chi connectivity index (χ1n) is 4.22. The molecule has 0 spiro atoms. The number of benzene rings is 1. The van der Waals surface area contributed by atoms with Crippen molar-refractivity contribution < 1.29 is 9.90 Å². The van der Waals surface area contributed by atoms with E-state index in [-0.39, 0.29) is 0 Å². The van der Waals surface area contributed by atoms with Gasteiger partial charge in [0.25, 0.3) is 0 Å². The Labute approximate surface area is 89.7 Å². The molecule has 1 heterocycles. The van der Waals surface area contributed by atoms with Crippen molar-refractivity contribution in [2.75, 3.05) is 5.73 Å². The molecular formula is C10H8N2O2S. The van der Waals surface area contributed by atoms with Gasteiger partial charge in [0.1, 0.15) is 0 Å². The second-order valence-electron chi connectivity index (χ2n) is 2.95. The molecule has 1 aromatic carbocycles. The van der Waals surface area contributed by atoms with Gasteiger partial charge in [-0.15, -0.1) is 0 Å². The number of carbonyl (C=O) groups is 1. The molecule has 0 aliphatic heterocycles. The molecular weight excluding hydrogens is 212 g/mol. The molecule has 5 heteroatoms. The molecule has 0 saturated heterocycles. The summed E-state index contributed by atoms with van der Waals surface area (Å²) >= 11 is 1.41. The van der Waals surface area contributed by atoms with Crippen LogP contribution in [0.5, 0.6) is 0 Å². The molecule has 3 N–H and O–H groups in total. The smallest absolute Gasteiger partial charge is 0.328 e. The van der Waals surface area contributed by atoms with Crippen LogP contribution in [0.25, 0.3) is 16.3 Å². The fourth-order valence-corrected chi connectivity index (χ4v) is 1.95. The summed E-state index contributed by atoms with van der Waals surface area (Å²) in [6.07, 6.45) is 2.62. The van der Waals surface area contributed by atoms with E-state index in [1.165, 1.54) is 17.4 Å². The highest BCUT2D eigenvalue weighted by Crippen LogP contribution is 2.24. The lowest BCUT2D eigenvalue weighted by molar-refractivity contribution is -0.131. The maximum absolute atomic E-state index is 10.3. The highest BCUT2D eigenvalue weighted by Gasteiger charge is 2.00. The summed E-state index contributed by atoms with van der Waals surface area (Å²) in [6.45, 7) is 0. The number of hydrogen-bond acceptors (Lipinski definition) is 4. The van der Waals surface area contributed by atoms with Crippen LogP contribution in [0.15, 0.2) is 24.3 Å². The number of hydrogen-bond donors (Lipinski definition) is 2. The Morgan fingerprint density at radius 2 is 2.33 bits per heavy atom. The largest absolute Gasteiger partial charge is 0.478 e. The van der Waals surface area contributed by atoms with E-state index in [1.54, 1.807) is 0 Å². The van der Waals surface area contributed by atoms with Gasteiger partial charge in [0, 0.05) is 6.08 Å². The second-order valence-corrected chi connectivity index (χ2v) is 4.01. The average molecular weight is 220 g/mol. The number of rotatable bonds is 2. The number of nitrogens with two attached hydrogens (primary N) is 1. The monoisotopic (exact) mass is 220 g/mol. The zero-order valence-corrected chi connectivity index (χ0v) is 8.49. The van der Waals surface area contributed by atoms with E-state index in [4.69, 9.17) is 10.8 Å². The lowest BCUT2D eigenvalue weighted by Crippen LogP contribution is -1.85. The molecule has 1 aromatic heterocycles. The number of carboxylic acids is 1.